The van der Waals surface area contributed by atoms with Gasteiger partial charge < -0.3 is 14.7 Å². The van der Waals surface area contributed by atoms with Crippen molar-refractivity contribution in [2.24, 2.45) is 5.92 Å². The molecule has 2 unspecified atom stereocenters. The summed E-state index contributed by atoms with van der Waals surface area (Å²) < 4.78 is 5.02. The first kappa shape index (κ1) is 15.0. The van der Waals surface area contributed by atoms with Gasteiger partial charge in [0.2, 0.25) is 5.91 Å². The lowest BCUT2D eigenvalue weighted by Gasteiger charge is -2.33. The molecule has 110 valence electrons. The number of thiophene rings is 1. The van der Waals surface area contributed by atoms with Crippen molar-refractivity contribution in [3.05, 3.63) is 21.9 Å². The minimum absolute atomic E-state index is 0.0887. The summed E-state index contributed by atoms with van der Waals surface area (Å²) in [6.45, 7) is 2.90. The first-order valence-electron chi connectivity index (χ1n) is 6.62. The molecular weight excluding hydrogens is 278 g/mol. The fourth-order valence-electron chi connectivity index (χ4n) is 2.61. The molecule has 0 bridgehead atoms. The summed E-state index contributed by atoms with van der Waals surface area (Å²) in [4.78, 5) is 26.4. The highest BCUT2D eigenvalue weighted by atomic mass is 32.1. The molecule has 5 nitrogen and oxygen atoms in total. The topological polar surface area (TPSA) is 66.8 Å². The molecule has 2 atom stereocenters. The SMILES string of the molecule is COCC(C)CC(=O)N1CCc2sccc2C1C(=O)O. The summed E-state index contributed by atoms with van der Waals surface area (Å²) >= 11 is 1.56. The normalized spacial score (nSPS) is 19.5. The van der Waals surface area contributed by atoms with E-state index in [4.69, 9.17) is 4.74 Å². The van der Waals surface area contributed by atoms with Crippen LogP contribution in [0.5, 0.6) is 0 Å². The molecule has 1 aliphatic heterocycles. The lowest BCUT2D eigenvalue weighted by atomic mass is 9.98. The van der Waals surface area contributed by atoms with Crippen LogP contribution >= 0.6 is 11.3 Å². The maximum absolute atomic E-state index is 12.3. The molecule has 1 aromatic rings. The zero-order chi connectivity index (χ0) is 14.7. The van der Waals surface area contributed by atoms with Crippen molar-refractivity contribution in [1.29, 1.82) is 0 Å². The number of carboxylic acids is 1. The van der Waals surface area contributed by atoms with Crippen LogP contribution in [-0.4, -0.2) is 42.1 Å². The van der Waals surface area contributed by atoms with Crippen molar-refractivity contribution < 1.29 is 19.4 Å². The minimum Gasteiger partial charge on any atom is -0.479 e. The molecule has 2 heterocycles. The Hall–Kier alpha value is -1.40. The van der Waals surface area contributed by atoms with Gasteiger partial charge in [-0.15, -0.1) is 11.3 Å². The Morgan fingerprint density at radius 1 is 1.60 bits per heavy atom. The van der Waals surface area contributed by atoms with Gasteiger partial charge in [-0.2, -0.15) is 0 Å². The van der Waals surface area contributed by atoms with Crippen molar-refractivity contribution in [1.82, 2.24) is 4.90 Å². The van der Waals surface area contributed by atoms with Crippen LogP contribution in [0.2, 0.25) is 0 Å². The van der Waals surface area contributed by atoms with Crippen LogP contribution in [0.25, 0.3) is 0 Å². The Morgan fingerprint density at radius 2 is 2.35 bits per heavy atom. The van der Waals surface area contributed by atoms with E-state index < -0.39 is 12.0 Å². The number of fused-ring (bicyclic) bond motifs is 1. The highest BCUT2D eigenvalue weighted by molar-refractivity contribution is 7.10. The predicted octanol–water partition coefficient (Wildman–Crippen LogP) is 1.93. The van der Waals surface area contributed by atoms with E-state index in [-0.39, 0.29) is 11.8 Å². The van der Waals surface area contributed by atoms with Crippen LogP contribution in [0.4, 0.5) is 0 Å². The number of aliphatic carboxylic acids is 1. The summed E-state index contributed by atoms with van der Waals surface area (Å²) in [5, 5.41) is 11.3. The third-order valence-corrected chi connectivity index (χ3v) is 4.49. The Morgan fingerprint density at radius 3 is 3.00 bits per heavy atom. The van der Waals surface area contributed by atoms with Gasteiger partial charge in [0.25, 0.3) is 0 Å². The molecule has 0 saturated carbocycles. The second kappa shape index (κ2) is 6.37. The number of rotatable bonds is 5. The summed E-state index contributed by atoms with van der Waals surface area (Å²) in [7, 11) is 1.60. The molecule has 2 rings (SSSR count). The highest BCUT2D eigenvalue weighted by Gasteiger charge is 2.36. The summed E-state index contributed by atoms with van der Waals surface area (Å²) in [6.07, 6.45) is 1.05. The third kappa shape index (κ3) is 3.02. The summed E-state index contributed by atoms with van der Waals surface area (Å²) in [5.41, 5.74) is 0.765. The minimum atomic E-state index is -0.961. The quantitative estimate of drug-likeness (QED) is 0.902. The van der Waals surface area contributed by atoms with Crippen LogP contribution < -0.4 is 0 Å². The second-order valence-electron chi connectivity index (χ2n) is 5.14. The summed E-state index contributed by atoms with van der Waals surface area (Å²) in [6, 6.07) is 0.976. The zero-order valence-electron chi connectivity index (χ0n) is 11.7. The first-order valence-corrected chi connectivity index (χ1v) is 7.50. The molecule has 20 heavy (non-hydrogen) atoms. The molecule has 1 aliphatic rings. The fraction of sp³-hybridized carbons (Fsp3) is 0.571. The number of carboxylic acid groups (broad SMARTS) is 1. The molecule has 1 amide bonds. The summed E-state index contributed by atoms with van der Waals surface area (Å²) in [5.74, 6) is -0.985. The Labute approximate surface area is 122 Å². The van der Waals surface area contributed by atoms with Crippen LogP contribution in [0.15, 0.2) is 11.4 Å². The molecule has 1 N–H and O–H groups in total. The van der Waals surface area contributed by atoms with E-state index in [1.54, 1.807) is 18.4 Å². The molecule has 6 heteroatoms. The van der Waals surface area contributed by atoms with Crippen molar-refractivity contribution in [2.75, 3.05) is 20.3 Å². The van der Waals surface area contributed by atoms with E-state index >= 15 is 0 Å². The second-order valence-corrected chi connectivity index (χ2v) is 6.14. The number of nitrogens with zero attached hydrogens (tertiary/aromatic N) is 1. The molecule has 0 aromatic carbocycles. The van der Waals surface area contributed by atoms with E-state index in [1.165, 1.54) is 4.90 Å². The lowest BCUT2D eigenvalue weighted by Crippen LogP contribution is -2.43. The Kier molecular flexibility index (Phi) is 4.77. The standard InChI is InChI=1S/C14H19NO4S/c1-9(8-19-2)7-12(16)15-5-3-11-10(4-6-20-11)13(15)14(17)18/h4,6,9,13H,3,5,7-8H2,1-2H3,(H,17,18). The number of carbonyl (C=O) groups excluding carboxylic acids is 1. The number of carbonyl (C=O) groups is 2. The fourth-order valence-corrected chi connectivity index (χ4v) is 3.51. The van der Waals surface area contributed by atoms with E-state index in [0.29, 0.717) is 19.6 Å². The molecule has 0 aliphatic carbocycles. The molecule has 0 spiro atoms. The number of hydrogen-bond donors (Lipinski definition) is 1. The number of amides is 1. The number of methoxy groups -OCH3 is 1. The predicted molar refractivity (Wildman–Crippen MR) is 75.8 cm³/mol. The van der Waals surface area contributed by atoms with Crippen molar-refractivity contribution >= 4 is 23.2 Å². The van der Waals surface area contributed by atoms with Crippen LogP contribution in [0, 0.1) is 5.92 Å². The average molecular weight is 297 g/mol. The maximum Gasteiger partial charge on any atom is 0.331 e. The van der Waals surface area contributed by atoms with Crippen LogP contribution in [0.1, 0.15) is 29.8 Å². The van der Waals surface area contributed by atoms with Gasteiger partial charge in [0.1, 0.15) is 0 Å². The van der Waals surface area contributed by atoms with Crippen molar-refractivity contribution in [2.45, 2.75) is 25.8 Å². The van der Waals surface area contributed by atoms with E-state index in [0.717, 1.165) is 16.9 Å². The van der Waals surface area contributed by atoms with Gasteiger partial charge in [-0.1, -0.05) is 6.92 Å². The van der Waals surface area contributed by atoms with Crippen molar-refractivity contribution in [3.63, 3.8) is 0 Å². The molecule has 0 fully saturated rings. The average Bonchev–Trinajstić information content (AvgIpc) is 2.85. The monoisotopic (exact) mass is 297 g/mol. The van der Waals surface area contributed by atoms with Crippen LogP contribution in [0.3, 0.4) is 0 Å². The highest BCUT2D eigenvalue weighted by Crippen LogP contribution is 2.34. The third-order valence-electron chi connectivity index (χ3n) is 3.49. The Bertz CT molecular complexity index is 499. The maximum atomic E-state index is 12.3. The zero-order valence-corrected chi connectivity index (χ0v) is 12.5. The van der Waals surface area contributed by atoms with Crippen LogP contribution in [-0.2, 0) is 20.7 Å². The van der Waals surface area contributed by atoms with Gasteiger partial charge in [0, 0.05) is 31.6 Å². The molecule has 0 saturated heterocycles. The number of ether oxygens (including phenoxy) is 1. The van der Waals surface area contributed by atoms with E-state index in [9.17, 15) is 14.7 Å². The van der Waals surface area contributed by atoms with Crippen molar-refractivity contribution in [3.8, 4) is 0 Å². The van der Waals surface area contributed by atoms with Gasteiger partial charge in [-0.25, -0.2) is 4.79 Å². The molecule has 0 radical (unpaired) electrons. The van der Waals surface area contributed by atoms with Gasteiger partial charge in [0.15, 0.2) is 6.04 Å². The van der Waals surface area contributed by atoms with E-state index in [2.05, 4.69) is 0 Å². The van der Waals surface area contributed by atoms with E-state index in [1.807, 2.05) is 18.4 Å². The van der Waals surface area contributed by atoms with Gasteiger partial charge in [0.05, 0.1) is 0 Å². The van der Waals surface area contributed by atoms with Gasteiger partial charge in [-0.3, -0.25) is 4.79 Å². The van der Waals surface area contributed by atoms with Gasteiger partial charge in [-0.05, 0) is 29.3 Å². The number of hydrogen-bond acceptors (Lipinski definition) is 4. The molecular formula is C14H19NO4S. The lowest BCUT2D eigenvalue weighted by molar-refractivity contribution is -0.151. The first-order chi connectivity index (χ1) is 9.54. The molecule has 1 aromatic heterocycles. The Balaban J connectivity index is 2.15. The smallest absolute Gasteiger partial charge is 0.331 e. The van der Waals surface area contributed by atoms with Gasteiger partial charge >= 0.3 is 5.97 Å². The largest absolute Gasteiger partial charge is 0.479 e.